The van der Waals surface area contributed by atoms with Crippen LogP contribution in [0.4, 0.5) is 11.4 Å². The maximum absolute atomic E-state index is 11.2. The Morgan fingerprint density at radius 3 is 2.60 bits per heavy atom. The van der Waals surface area contributed by atoms with Crippen molar-refractivity contribution in [2.75, 3.05) is 36.5 Å². The van der Waals surface area contributed by atoms with Crippen molar-refractivity contribution in [3.05, 3.63) is 23.8 Å². The number of benzene rings is 1. The number of aliphatic carboxylic acids is 1. The molecule has 0 radical (unpaired) electrons. The Kier molecular flexibility index (Phi) is 3.93. The minimum Gasteiger partial charge on any atom is -0.480 e. The Labute approximate surface area is 121 Å². The first-order valence-electron chi connectivity index (χ1n) is 7.12. The van der Waals surface area contributed by atoms with Crippen LogP contribution in [0.3, 0.4) is 0 Å². The van der Waals surface area contributed by atoms with Gasteiger partial charge in [-0.2, -0.15) is 0 Å². The molecule has 110 valence electrons. The fraction of sp³-hybridized carbons (Fsp3) is 0.562. The van der Waals surface area contributed by atoms with Crippen molar-refractivity contribution in [1.29, 1.82) is 0 Å². The lowest BCUT2D eigenvalue weighted by Gasteiger charge is -2.32. The molecule has 4 heteroatoms. The van der Waals surface area contributed by atoms with Gasteiger partial charge in [0.2, 0.25) is 0 Å². The summed E-state index contributed by atoms with van der Waals surface area (Å²) in [4.78, 5) is 15.4. The Bertz CT molecular complexity index is 506. The van der Waals surface area contributed by atoms with E-state index in [-0.39, 0.29) is 12.0 Å². The summed E-state index contributed by atoms with van der Waals surface area (Å²) in [6.07, 6.45) is 0.974. The molecule has 0 saturated heterocycles. The average molecular weight is 276 g/mol. The van der Waals surface area contributed by atoms with Crippen molar-refractivity contribution in [2.45, 2.75) is 32.6 Å². The van der Waals surface area contributed by atoms with Crippen LogP contribution in [0.1, 0.15) is 32.8 Å². The molecule has 0 saturated carbocycles. The SMILES string of the molecule is CN1CCCN(CC(=O)O)c2c1cccc2C(C)(C)C. The molecule has 1 heterocycles. The van der Waals surface area contributed by atoms with Gasteiger partial charge in [-0.3, -0.25) is 4.79 Å². The van der Waals surface area contributed by atoms with Crippen molar-refractivity contribution in [2.24, 2.45) is 0 Å². The summed E-state index contributed by atoms with van der Waals surface area (Å²) in [6.45, 7) is 8.33. The van der Waals surface area contributed by atoms with E-state index < -0.39 is 5.97 Å². The number of hydrogen-bond acceptors (Lipinski definition) is 3. The van der Waals surface area contributed by atoms with Gasteiger partial charge in [-0.05, 0) is 23.5 Å². The molecule has 0 unspecified atom stereocenters. The number of carboxylic acid groups (broad SMARTS) is 1. The summed E-state index contributed by atoms with van der Waals surface area (Å²) in [7, 11) is 2.08. The number of rotatable bonds is 2. The molecule has 0 bridgehead atoms. The van der Waals surface area contributed by atoms with E-state index in [1.165, 1.54) is 5.56 Å². The molecule has 0 aliphatic carbocycles. The smallest absolute Gasteiger partial charge is 0.323 e. The monoisotopic (exact) mass is 276 g/mol. The Morgan fingerprint density at radius 2 is 2.00 bits per heavy atom. The summed E-state index contributed by atoms with van der Waals surface area (Å²) in [5, 5.41) is 9.19. The zero-order valence-electron chi connectivity index (χ0n) is 12.8. The van der Waals surface area contributed by atoms with Gasteiger partial charge in [-0.25, -0.2) is 0 Å². The van der Waals surface area contributed by atoms with Crippen LogP contribution in [0.25, 0.3) is 0 Å². The molecule has 2 rings (SSSR count). The van der Waals surface area contributed by atoms with Gasteiger partial charge in [0.25, 0.3) is 0 Å². The zero-order chi connectivity index (χ0) is 14.9. The minimum absolute atomic E-state index is 0.00667. The van der Waals surface area contributed by atoms with Gasteiger partial charge in [0, 0.05) is 20.1 Å². The largest absolute Gasteiger partial charge is 0.480 e. The zero-order valence-corrected chi connectivity index (χ0v) is 12.8. The van der Waals surface area contributed by atoms with E-state index in [2.05, 4.69) is 50.9 Å². The Morgan fingerprint density at radius 1 is 1.30 bits per heavy atom. The molecule has 1 aromatic carbocycles. The van der Waals surface area contributed by atoms with Gasteiger partial charge in [-0.1, -0.05) is 32.9 Å². The highest BCUT2D eigenvalue weighted by Gasteiger charge is 2.27. The first-order chi connectivity index (χ1) is 9.30. The summed E-state index contributed by atoms with van der Waals surface area (Å²) in [5.74, 6) is -0.774. The predicted octanol–water partition coefficient (Wildman–Crippen LogP) is 2.72. The lowest BCUT2D eigenvalue weighted by molar-refractivity contribution is -0.135. The third kappa shape index (κ3) is 2.89. The van der Waals surface area contributed by atoms with Crippen LogP contribution in [0.5, 0.6) is 0 Å². The second kappa shape index (κ2) is 5.35. The molecular weight excluding hydrogens is 252 g/mol. The van der Waals surface area contributed by atoms with E-state index in [4.69, 9.17) is 0 Å². The maximum atomic E-state index is 11.2. The van der Waals surface area contributed by atoms with Crippen LogP contribution >= 0.6 is 0 Å². The van der Waals surface area contributed by atoms with E-state index in [0.717, 1.165) is 30.9 Å². The van der Waals surface area contributed by atoms with Gasteiger partial charge in [0.1, 0.15) is 6.54 Å². The second-order valence-electron chi connectivity index (χ2n) is 6.51. The number of para-hydroxylation sites is 1. The van der Waals surface area contributed by atoms with Crippen LogP contribution < -0.4 is 9.80 Å². The van der Waals surface area contributed by atoms with Crippen molar-refractivity contribution >= 4 is 17.3 Å². The lowest BCUT2D eigenvalue weighted by atomic mass is 9.85. The number of carbonyl (C=O) groups is 1. The summed E-state index contributed by atoms with van der Waals surface area (Å²) in [5.41, 5.74) is 3.43. The van der Waals surface area contributed by atoms with E-state index in [1.54, 1.807) is 0 Å². The molecular formula is C16H24N2O2. The van der Waals surface area contributed by atoms with Crippen LogP contribution in [0.15, 0.2) is 18.2 Å². The highest BCUT2D eigenvalue weighted by Crippen LogP contribution is 2.40. The summed E-state index contributed by atoms with van der Waals surface area (Å²) < 4.78 is 0. The Hall–Kier alpha value is -1.71. The van der Waals surface area contributed by atoms with Crippen LogP contribution in [0.2, 0.25) is 0 Å². The van der Waals surface area contributed by atoms with Gasteiger partial charge < -0.3 is 14.9 Å². The first-order valence-corrected chi connectivity index (χ1v) is 7.12. The Balaban J connectivity index is 2.59. The van der Waals surface area contributed by atoms with Gasteiger partial charge in [0.05, 0.1) is 11.4 Å². The van der Waals surface area contributed by atoms with Gasteiger partial charge in [-0.15, -0.1) is 0 Å². The highest BCUT2D eigenvalue weighted by atomic mass is 16.4. The molecule has 1 N–H and O–H groups in total. The highest BCUT2D eigenvalue weighted by molar-refractivity contribution is 5.81. The summed E-state index contributed by atoms with van der Waals surface area (Å²) >= 11 is 0. The van der Waals surface area contributed by atoms with Gasteiger partial charge in [0.15, 0.2) is 0 Å². The van der Waals surface area contributed by atoms with E-state index in [1.807, 2.05) is 4.90 Å². The maximum Gasteiger partial charge on any atom is 0.323 e. The molecule has 0 fully saturated rings. The minimum atomic E-state index is -0.774. The van der Waals surface area contributed by atoms with Gasteiger partial charge >= 0.3 is 5.97 Å². The molecule has 0 spiro atoms. The second-order valence-corrected chi connectivity index (χ2v) is 6.51. The fourth-order valence-corrected chi connectivity index (χ4v) is 2.83. The predicted molar refractivity (Wildman–Crippen MR) is 82.9 cm³/mol. The number of nitrogens with zero attached hydrogens (tertiary/aromatic N) is 2. The van der Waals surface area contributed by atoms with Crippen LogP contribution in [-0.4, -0.2) is 37.8 Å². The summed E-state index contributed by atoms with van der Waals surface area (Å²) in [6, 6.07) is 6.28. The standard InChI is InChI=1S/C16H24N2O2/c1-16(2,3)12-7-5-8-13-15(12)18(11-14(19)20)10-6-9-17(13)4/h5,7-8H,6,9-11H2,1-4H3,(H,19,20). The molecule has 1 aliphatic rings. The first kappa shape index (κ1) is 14.7. The molecule has 20 heavy (non-hydrogen) atoms. The van der Waals surface area contributed by atoms with Crippen LogP contribution in [0, 0.1) is 0 Å². The van der Waals surface area contributed by atoms with Crippen molar-refractivity contribution in [3.8, 4) is 0 Å². The number of hydrogen-bond donors (Lipinski definition) is 1. The quantitative estimate of drug-likeness (QED) is 0.902. The third-order valence-electron chi connectivity index (χ3n) is 3.80. The number of anilines is 2. The molecule has 1 aromatic rings. The normalized spacial score (nSPS) is 15.8. The molecule has 4 nitrogen and oxygen atoms in total. The molecule has 1 aliphatic heterocycles. The van der Waals surface area contributed by atoms with E-state index >= 15 is 0 Å². The molecule has 0 atom stereocenters. The fourth-order valence-electron chi connectivity index (χ4n) is 2.83. The van der Waals surface area contributed by atoms with E-state index in [9.17, 15) is 9.90 Å². The lowest BCUT2D eigenvalue weighted by Crippen LogP contribution is -2.32. The van der Waals surface area contributed by atoms with Crippen LogP contribution in [-0.2, 0) is 10.2 Å². The third-order valence-corrected chi connectivity index (χ3v) is 3.80. The molecule has 0 amide bonds. The molecule has 0 aromatic heterocycles. The number of fused-ring (bicyclic) bond motifs is 1. The topological polar surface area (TPSA) is 43.8 Å². The van der Waals surface area contributed by atoms with Crippen molar-refractivity contribution in [1.82, 2.24) is 0 Å². The van der Waals surface area contributed by atoms with Crippen molar-refractivity contribution < 1.29 is 9.90 Å². The number of carboxylic acids is 1. The average Bonchev–Trinajstić information content (AvgIpc) is 2.48. The van der Waals surface area contributed by atoms with Crippen molar-refractivity contribution in [3.63, 3.8) is 0 Å². The van der Waals surface area contributed by atoms with E-state index in [0.29, 0.717) is 0 Å².